The Kier molecular flexibility index (Phi) is 5.98. The van der Waals surface area contributed by atoms with Crippen LogP contribution in [-0.4, -0.2) is 59.6 Å². The van der Waals surface area contributed by atoms with E-state index in [1.165, 1.54) is 11.1 Å². The van der Waals surface area contributed by atoms with Gasteiger partial charge in [-0.3, -0.25) is 9.69 Å². The molecule has 1 aliphatic heterocycles. The van der Waals surface area contributed by atoms with Crippen LogP contribution < -0.4 is 0 Å². The molecule has 22 heavy (non-hydrogen) atoms. The lowest BCUT2D eigenvalue weighted by atomic mass is 10.0. The minimum atomic E-state index is 0.201. The summed E-state index contributed by atoms with van der Waals surface area (Å²) >= 11 is 0. The van der Waals surface area contributed by atoms with E-state index in [2.05, 4.69) is 43.9 Å². The number of rotatable bonds is 5. The van der Waals surface area contributed by atoms with Crippen LogP contribution in [0.3, 0.4) is 0 Å². The molecule has 0 aliphatic carbocycles. The first-order valence-corrected chi connectivity index (χ1v) is 8.24. The summed E-state index contributed by atoms with van der Waals surface area (Å²) in [4.78, 5) is 16.8. The van der Waals surface area contributed by atoms with Gasteiger partial charge in [-0.1, -0.05) is 30.7 Å². The summed E-state index contributed by atoms with van der Waals surface area (Å²) in [5.74, 6) is 0.213. The Labute approximate surface area is 133 Å². The highest BCUT2D eigenvalue weighted by molar-refractivity contribution is 5.79. The molecule has 4 heteroatoms. The fraction of sp³-hybridized carbons (Fsp3) is 0.611. The van der Waals surface area contributed by atoms with Gasteiger partial charge in [-0.05, 0) is 31.4 Å². The summed E-state index contributed by atoms with van der Waals surface area (Å²) in [5.41, 5.74) is 3.52. The van der Waals surface area contributed by atoms with Crippen LogP contribution in [-0.2, 0) is 11.2 Å². The highest BCUT2D eigenvalue weighted by Gasteiger charge is 2.25. The molecule has 4 nitrogen and oxygen atoms in total. The van der Waals surface area contributed by atoms with Crippen LogP contribution in [0.5, 0.6) is 0 Å². The summed E-state index contributed by atoms with van der Waals surface area (Å²) in [6.45, 7) is 9.67. The minimum absolute atomic E-state index is 0.201. The smallest absolute Gasteiger partial charge is 0.227 e. The molecular formula is C18H28N2O2. The number of amides is 1. The van der Waals surface area contributed by atoms with E-state index < -0.39 is 0 Å². The number of aliphatic hydroxyl groups is 1. The second-order valence-corrected chi connectivity index (χ2v) is 6.27. The summed E-state index contributed by atoms with van der Waals surface area (Å²) in [5, 5.41) is 9.38. The third-order valence-electron chi connectivity index (χ3n) is 4.71. The van der Waals surface area contributed by atoms with E-state index in [-0.39, 0.29) is 18.6 Å². The molecule has 1 aromatic carbocycles. The zero-order chi connectivity index (χ0) is 16.1. The van der Waals surface area contributed by atoms with Gasteiger partial charge in [0.1, 0.15) is 0 Å². The normalized spacial score (nSPS) is 17.5. The molecule has 1 atom stereocenters. The molecule has 1 saturated heterocycles. The Balaban J connectivity index is 1.91. The fourth-order valence-electron chi connectivity index (χ4n) is 3.10. The molecular weight excluding hydrogens is 276 g/mol. The summed E-state index contributed by atoms with van der Waals surface area (Å²) in [6.07, 6.45) is 1.44. The zero-order valence-corrected chi connectivity index (χ0v) is 14.0. The lowest BCUT2D eigenvalue weighted by Crippen LogP contribution is -2.53. The number of carbonyl (C=O) groups is 1. The molecule has 0 bridgehead atoms. The van der Waals surface area contributed by atoms with Gasteiger partial charge < -0.3 is 10.0 Å². The van der Waals surface area contributed by atoms with Crippen molar-refractivity contribution in [3.63, 3.8) is 0 Å². The van der Waals surface area contributed by atoms with Crippen molar-refractivity contribution in [1.82, 2.24) is 9.80 Å². The molecule has 1 heterocycles. The standard InChI is InChI=1S/C18H28N2O2/c1-4-17(13-21)19-7-9-20(10-8-19)18(22)12-16-11-14(2)5-6-15(16)3/h5-6,11,17,21H,4,7-10,12-13H2,1-3H3. The fourth-order valence-corrected chi connectivity index (χ4v) is 3.10. The van der Waals surface area contributed by atoms with Crippen LogP contribution >= 0.6 is 0 Å². The van der Waals surface area contributed by atoms with Gasteiger partial charge in [-0.15, -0.1) is 0 Å². The third kappa shape index (κ3) is 4.08. The number of carbonyl (C=O) groups excluding carboxylic acids is 1. The van der Waals surface area contributed by atoms with E-state index >= 15 is 0 Å². The molecule has 0 spiro atoms. The topological polar surface area (TPSA) is 43.8 Å². The number of benzene rings is 1. The third-order valence-corrected chi connectivity index (χ3v) is 4.71. The van der Waals surface area contributed by atoms with E-state index in [4.69, 9.17) is 0 Å². The molecule has 1 unspecified atom stereocenters. The molecule has 1 aliphatic rings. The van der Waals surface area contributed by atoms with Crippen molar-refractivity contribution in [3.05, 3.63) is 34.9 Å². The molecule has 1 amide bonds. The van der Waals surface area contributed by atoms with Crippen LogP contribution in [0.2, 0.25) is 0 Å². The lowest BCUT2D eigenvalue weighted by molar-refractivity contribution is -0.132. The van der Waals surface area contributed by atoms with Crippen LogP contribution in [0.4, 0.5) is 0 Å². The van der Waals surface area contributed by atoms with Crippen molar-refractivity contribution < 1.29 is 9.90 Å². The number of nitrogens with zero attached hydrogens (tertiary/aromatic N) is 2. The zero-order valence-electron chi connectivity index (χ0n) is 14.0. The first-order chi connectivity index (χ1) is 10.5. The monoisotopic (exact) mass is 304 g/mol. The summed E-state index contributed by atoms with van der Waals surface area (Å²) in [7, 11) is 0. The second kappa shape index (κ2) is 7.75. The number of aliphatic hydroxyl groups excluding tert-OH is 1. The van der Waals surface area contributed by atoms with Crippen LogP contribution in [0.15, 0.2) is 18.2 Å². The van der Waals surface area contributed by atoms with Gasteiger partial charge in [0.25, 0.3) is 0 Å². The Hall–Kier alpha value is -1.39. The van der Waals surface area contributed by atoms with E-state index in [9.17, 15) is 9.90 Å². The predicted molar refractivity (Wildman–Crippen MR) is 88.9 cm³/mol. The maximum absolute atomic E-state index is 12.5. The van der Waals surface area contributed by atoms with Crippen molar-refractivity contribution in [1.29, 1.82) is 0 Å². The highest BCUT2D eigenvalue weighted by Crippen LogP contribution is 2.14. The number of hydrogen-bond donors (Lipinski definition) is 1. The van der Waals surface area contributed by atoms with Crippen LogP contribution in [0.25, 0.3) is 0 Å². The summed E-state index contributed by atoms with van der Waals surface area (Å²) in [6, 6.07) is 6.52. The van der Waals surface area contributed by atoms with Gasteiger partial charge in [0.2, 0.25) is 5.91 Å². The van der Waals surface area contributed by atoms with Gasteiger partial charge in [0, 0.05) is 32.2 Å². The Morgan fingerprint density at radius 3 is 2.50 bits per heavy atom. The maximum Gasteiger partial charge on any atom is 0.227 e. The number of aryl methyl sites for hydroxylation is 2. The van der Waals surface area contributed by atoms with Gasteiger partial charge in [0.15, 0.2) is 0 Å². The molecule has 0 aromatic heterocycles. The molecule has 1 N–H and O–H groups in total. The van der Waals surface area contributed by atoms with Crippen molar-refractivity contribution in [2.75, 3.05) is 32.8 Å². The first kappa shape index (κ1) is 17.0. The molecule has 122 valence electrons. The Morgan fingerprint density at radius 1 is 1.23 bits per heavy atom. The van der Waals surface area contributed by atoms with Gasteiger partial charge in [-0.25, -0.2) is 0 Å². The second-order valence-electron chi connectivity index (χ2n) is 6.27. The van der Waals surface area contributed by atoms with Crippen molar-refractivity contribution in [3.8, 4) is 0 Å². The van der Waals surface area contributed by atoms with E-state index in [1.807, 2.05) is 4.90 Å². The van der Waals surface area contributed by atoms with Crippen molar-refractivity contribution in [2.45, 2.75) is 39.7 Å². The summed E-state index contributed by atoms with van der Waals surface area (Å²) < 4.78 is 0. The average molecular weight is 304 g/mol. The quantitative estimate of drug-likeness (QED) is 0.901. The molecule has 0 saturated carbocycles. The predicted octanol–water partition coefficient (Wildman–Crippen LogP) is 1.76. The van der Waals surface area contributed by atoms with Gasteiger partial charge >= 0.3 is 0 Å². The van der Waals surface area contributed by atoms with Crippen LogP contribution in [0.1, 0.15) is 30.0 Å². The van der Waals surface area contributed by atoms with E-state index in [0.717, 1.165) is 38.2 Å². The largest absolute Gasteiger partial charge is 0.395 e. The molecule has 1 aromatic rings. The van der Waals surface area contributed by atoms with Crippen molar-refractivity contribution >= 4 is 5.91 Å². The first-order valence-electron chi connectivity index (χ1n) is 8.24. The lowest BCUT2D eigenvalue weighted by Gasteiger charge is -2.38. The van der Waals surface area contributed by atoms with Crippen molar-refractivity contribution in [2.24, 2.45) is 0 Å². The molecule has 1 fully saturated rings. The Morgan fingerprint density at radius 2 is 1.91 bits per heavy atom. The Bertz CT molecular complexity index is 504. The SMILES string of the molecule is CCC(CO)N1CCN(C(=O)Cc2cc(C)ccc2C)CC1. The maximum atomic E-state index is 12.5. The molecule has 2 rings (SSSR count). The molecule has 0 radical (unpaired) electrons. The number of hydrogen-bond acceptors (Lipinski definition) is 3. The van der Waals surface area contributed by atoms with Gasteiger partial charge in [0.05, 0.1) is 13.0 Å². The van der Waals surface area contributed by atoms with Crippen LogP contribution in [0, 0.1) is 13.8 Å². The van der Waals surface area contributed by atoms with Gasteiger partial charge in [-0.2, -0.15) is 0 Å². The minimum Gasteiger partial charge on any atom is -0.395 e. The number of piperazine rings is 1. The highest BCUT2D eigenvalue weighted by atomic mass is 16.3. The van der Waals surface area contributed by atoms with E-state index in [0.29, 0.717) is 6.42 Å². The van der Waals surface area contributed by atoms with E-state index in [1.54, 1.807) is 0 Å². The average Bonchev–Trinajstić information content (AvgIpc) is 2.53.